The maximum Gasteiger partial charge on any atom is 0.188 e. The molecule has 0 aliphatic rings. The van der Waals surface area contributed by atoms with E-state index in [0.29, 0.717) is 11.5 Å². The molecule has 7 rings (SSSR count). The predicted octanol–water partition coefficient (Wildman–Crippen LogP) is 10.9. The van der Waals surface area contributed by atoms with Gasteiger partial charge in [0, 0.05) is 62.1 Å². The van der Waals surface area contributed by atoms with E-state index in [0.717, 1.165) is 38.8 Å². The van der Waals surface area contributed by atoms with Gasteiger partial charge in [-0.15, -0.1) is 29.1 Å². The summed E-state index contributed by atoms with van der Waals surface area (Å²) in [6.07, 6.45) is 4.09. The van der Waals surface area contributed by atoms with Crippen molar-refractivity contribution < 1.29 is 25.8 Å². The van der Waals surface area contributed by atoms with Crippen molar-refractivity contribution in [2.75, 3.05) is 0 Å². The molecule has 0 bridgehead atoms. The molecular formula is C42H43N4OPt-. The Labute approximate surface area is 298 Å². The first-order valence-corrected chi connectivity index (χ1v) is 16.4. The van der Waals surface area contributed by atoms with Crippen molar-refractivity contribution in [2.24, 2.45) is 0 Å². The van der Waals surface area contributed by atoms with Crippen LogP contribution in [0.25, 0.3) is 44.3 Å². The third-order valence-corrected chi connectivity index (χ3v) is 8.93. The van der Waals surface area contributed by atoms with Crippen LogP contribution in [0.4, 0.5) is 0 Å². The molecule has 3 heterocycles. The molecule has 0 aliphatic carbocycles. The number of ether oxygens (including phenoxy) is 1. The zero-order valence-corrected chi connectivity index (χ0v) is 31.5. The molecule has 0 fully saturated rings. The predicted molar refractivity (Wildman–Crippen MR) is 194 cm³/mol. The topological polar surface area (TPSA) is 36.9 Å². The van der Waals surface area contributed by atoms with E-state index in [9.17, 15) is 0 Å². The van der Waals surface area contributed by atoms with Gasteiger partial charge in [0.25, 0.3) is 0 Å². The minimum atomic E-state index is -0.102. The number of fused-ring (bicyclic) bond motifs is 4. The van der Waals surface area contributed by atoms with Gasteiger partial charge in [0.1, 0.15) is 5.82 Å². The average molecular weight is 815 g/mol. The van der Waals surface area contributed by atoms with E-state index in [2.05, 4.69) is 173 Å². The van der Waals surface area contributed by atoms with Crippen molar-refractivity contribution in [1.82, 2.24) is 18.7 Å². The van der Waals surface area contributed by atoms with E-state index in [1.54, 1.807) is 0 Å². The molecule has 5 nitrogen and oxygen atoms in total. The summed E-state index contributed by atoms with van der Waals surface area (Å²) in [5.74, 6) is 2.15. The van der Waals surface area contributed by atoms with Gasteiger partial charge >= 0.3 is 0 Å². The van der Waals surface area contributed by atoms with Crippen LogP contribution in [-0.4, -0.2) is 18.7 Å². The van der Waals surface area contributed by atoms with Crippen molar-refractivity contribution in [3.63, 3.8) is 0 Å². The van der Waals surface area contributed by atoms with Crippen LogP contribution >= 0.6 is 0 Å². The number of rotatable bonds is 4. The molecule has 3 aromatic heterocycles. The van der Waals surface area contributed by atoms with Crippen LogP contribution in [0.3, 0.4) is 0 Å². The molecule has 0 aliphatic heterocycles. The number of para-hydroxylation sites is 3. The quantitative estimate of drug-likeness (QED) is 0.166. The van der Waals surface area contributed by atoms with Gasteiger partial charge < -0.3 is 9.30 Å². The van der Waals surface area contributed by atoms with Gasteiger partial charge in [-0.25, -0.2) is 14.1 Å². The third kappa shape index (κ3) is 6.10. The molecule has 248 valence electrons. The van der Waals surface area contributed by atoms with Gasteiger partial charge in [0.05, 0.1) is 5.54 Å². The molecule has 0 saturated carbocycles. The molecule has 0 atom stereocenters. The Bertz CT molecular complexity index is 2290. The zero-order valence-electron chi connectivity index (χ0n) is 29.3. The Balaban J connectivity index is 0.00000401. The molecule has 6 heteroatoms. The first kappa shape index (κ1) is 33.7. The smallest absolute Gasteiger partial charge is 0.188 e. The first-order valence-electron chi connectivity index (χ1n) is 16.4. The first-order chi connectivity index (χ1) is 22.2. The molecule has 0 N–H and O–H groups in total. The fourth-order valence-electron chi connectivity index (χ4n) is 6.28. The van der Waals surface area contributed by atoms with E-state index in [4.69, 9.17) is 9.72 Å². The minimum Gasteiger partial charge on any atom is -0.508 e. The fraction of sp³-hybridized carbons (Fsp3) is 0.286. The maximum atomic E-state index is 6.67. The van der Waals surface area contributed by atoms with Crippen LogP contribution in [0.5, 0.6) is 11.5 Å². The van der Waals surface area contributed by atoms with Crippen molar-refractivity contribution in [1.29, 1.82) is 0 Å². The Kier molecular flexibility index (Phi) is 8.45. The minimum absolute atomic E-state index is 0. The van der Waals surface area contributed by atoms with Crippen LogP contribution < -0.4 is 4.74 Å². The summed E-state index contributed by atoms with van der Waals surface area (Å²) in [5.41, 5.74) is 7.45. The standard InChI is InChI=1S/C42H43N4O.Pt/c1-40(2,3)28-20-21-43-39(24-28)46-35-15-11-10-14-33(35)34-19-18-31(26-38(34)46)47-32-23-29(41(4,5)6)22-30(25-32)44-27-45(42(7,8)9)37-17-13-12-16-36(37)44;/h10-24,27H,1-9H3;/q-1;. The Morgan fingerprint density at radius 2 is 1.31 bits per heavy atom. The van der Waals surface area contributed by atoms with E-state index in [1.165, 1.54) is 16.6 Å². The summed E-state index contributed by atoms with van der Waals surface area (Å²) < 4.78 is 13.4. The van der Waals surface area contributed by atoms with Gasteiger partial charge in [-0.05, 0) is 72.9 Å². The molecule has 4 aromatic carbocycles. The molecule has 0 amide bonds. The summed E-state index contributed by atoms with van der Waals surface area (Å²) >= 11 is 0. The largest absolute Gasteiger partial charge is 0.508 e. The number of hydrogen-bond acceptors (Lipinski definition) is 2. The average Bonchev–Trinajstić information content (AvgIpc) is 3.57. The number of imidazole rings is 1. The van der Waals surface area contributed by atoms with Crippen LogP contribution in [0.1, 0.15) is 73.4 Å². The molecule has 0 spiro atoms. The van der Waals surface area contributed by atoms with E-state index in [1.807, 2.05) is 12.3 Å². The Hall–Kier alpha value is -4.21. The Morgan fingerprint density at radius 3 is 2.00 bits per heavy atom. The summed E-state index contributed by atoms with van der Waals surface area (Å²) in [6, 6.07) is 37.0. The second kappa shape index (κ2) is 12.0. The van der Waals surface area contributed by atoms with Gasteiger partial charge in [0.2, 0.25) is 0 Å². The molecule has 0 unspecified atom stereocenters. The molecular weight excluding hydrogens is 772 g/mol. The summed E-state index contributed by atoms with van der Waals surface area (Å²) in [6.45, 7) is 20.1. The number of aromatic nitrogens is 4. The monoisotopic (exact) mass is 814 g/mol. The Morgan fingerprint density at radius 1 is 0.646 bits per heavy atom. The zero-order chi connectivity index (χ0) is 33.3. The van der Waals surface area contributed by atoms with Gasteiger partial charge in [-0.1, -0.05) is 77.4 Å². The van der Waals surface area contributed by atoms with Crippen molar-refractivity contribution >= 4 is 32.8 Å². The van der Waals surface area contributed by atoms with E-state index < -0.39 is 0 Å². The molecule has 48 heavy (non-hydrogen) atoms. The van der Waals surface area contributed by atoms with Gasteiger partial charge in [0.15, 0.2) is 17.4 Å². The summed E-state index contributed by atoms with van der Waals surface area (Å²) in [5, 5.41) is 2.26. The summed E-state index contributed by atoms with van der Waals surface area (Å²) in [4.78, 5) is 4.83. The maximum absolute atomic E-state index is 6.67. The van der Waals surface area contributed by atoms with Crippen LogP contribution in [0.2, 0.25) is 0 Å². The number of nitrogens with zero attached hydrogens (tertiary/aromatic N) is 4. The number of benzene rings is 4. The second-order valence-electron chi connectivity index (χ2n) is 15.6. The van der Waals surface area contributed by atoms with Gasteiger partial charge in [-0.3, -0.25) is 0 Å². The van der Waals surface area contributed by atoms with Crippen molar-refractivity contribution in [3.8, 4) is 23.0 Å². The fourth-order valence-corrected chi connectivity index (χ4v) is 6.28. The van der Waals surface area contributed by atoms with E-state index >= 15 is 0 Å². The third-order valence-electron chi connectivity index (χ3n) is 8.93. The number of pyridine rings is 1. The van der Waals surface area contributed by atoms with E-state index in [-0.39, 0.29) is 37.4 Å². The molecule has 0 saturated heterocycles. The summed E-state index contributed by atoms with van der Waals surface area (Å²) in [7, 11) is 0. The van der Waals surface area contributed by atoms with Crippen LogP contribution in [0, 0.1) is 12.1 Å². The van der Waals surface area contributed by atoms with Crippen LogP contribution in [-0.2, 0) is 37.4 Å². The second-order valence-corrected chi connectivity index (χ2v) is 15.6. The number of hydrogen-bond donors (Lipinski definition) is 0. The SMILES string of the molecule is CC(C)(C)c1cc(Oc2[c-]c3c(cc2)c2ccccc2n3-c2cc(C(C)(C)C)ccn2)[c-]c(-n2[cH+]n(C(C)(C)C)c3ccccc32)c1.[Pt]. The normalized spacial score (nSPS) is 12.5. The van der Waals surface area contributed by atoms with Crippen molar-refractivity contribution in [3.05, 3.63) is 121 Å². The van der Waals surface area contributed by atoms with Gasteiger partial charge in [-0.2, -0.15) is 6.07 Å². The molecule has 7 aromatic rings. The molecule has 0 radical (unpaired) electrons. The van der Waals surface area contributed by atoms with Crippen molar-refractivity contribution in [2.45, 2.75) is 78.7 Å². The van der Waals surface area contributed by atoms with Crippen LogP contribution in [0.15, 0.2) is 97.5 Å².